The fourth-order valence-corrected chi connectivity index (χ4v) is 5.97. The summed E-state index contributed by atoms with van der Waals surface area (Å²) in [6, 6.07) is 11.4. The highest BCUT2D eigenvalue weighted by atomic mass is 19.1. The van der Waals surface area contributed by atoms with Gasteiger partial charge < -0.3 is 20.3 Å². The van der Waals surface area contributed by atoms with Crippen LogP contribution in [0.15, 0.2) is 48.8 Å². The van der Waals surface area contributed by atoms with Gasteiger partial charge >= 0.3 is 0 Å². The molecule has 0 bridgehead atoms. The lowest BCUT2D eigenvalue weighted by Crippen LogP contribution is -2.49. The van der Waals surface area contributed by atoms with E-state index < -0.39 is 11.9 Å². The average Bonchev–Trinajstić information content (AvgIpc) is 3.66. The van der Waals surface area contributed by atoms with Crippen LogP contribution in [0, 0.1) is 11.7 Å². The van der Waals surface area contributed by atoms with Crippen LogP contribution in [-0.2, 0) is 22.6 Å². The molecule has 3 heterocycles. The first-order valence-corrected chi connectivity index (χ1v) is 14.6. The maximum atomic E-state index is 14.0. The van der Waals surface area contributed by atoms with Crippen LogP contribution in [-0.4, -0.2) is 70.8 Å². The molecule has 4 atom stereocenters. The predicted molar refractivity (Wildman–Crippen MR) is 155 cm³/mol. The van der Waals surface area contributed by atoms with E-state index in [-0.39, 0.29) is 42.6 Å². The van der Waals surface area contributed by atoms with E-state index in [1.54, 1.807) is 31.3 Å². The van der Waals surface area contributed by atoms with E-state index in [1.165, 1.54) is 22.0 Å². The van der Waals surface area contributed by atoms with Crippen molar-refractivity contribution in [3.8, 4) is 5.75 Å². The topological polar surface area (TPSA) is 143 Å². The third-order valence-corrected chi connectivity index (χ3v) is 8.40. The van der Waals surface area contributed by atoms with Crippen molar-refractivity contribution < 1.29 is 23.5 Å². The van der Waals surface area contributed by atoms with E-state index in [4.69, 9.17) is 4.74 Å². The molecule has 2 aliphatic heterocycles. The Morgan fingerprint density at radius 3 is 2.88 bits per heavy atom. The number of nitrogens with one attached hydrogen (secondary N) is 4. The van der Waals surface area contributed by atoms with Crippen molar-refractivity contribution in [2.75, 3.05) is 25.1 Å². The molecule has 2 fully saturated rings. The average molecular weight is 591 g/mol. The molecule has 3 amide bonds. The lowest BCUT2D eigenvalue weighted by molar-refractivity contribution is -0.122. The minimum absolute atomic E-state index is 0.0118. The van der Waals surface area contributed by atoms with Gasteiger partial charge in [-0.1, -0.05) is 24.3 Å². The van der Waals surface area contributed by atoms with Crippen molar-refractivity contribution in [3.05, 3.63) is 71.6 Å². The maximum Gasteiger partial charge on any atom is 0.291 e. The van der Waals surface area contributed by atoms with Gasteiger partial charge in [0, 0.05) is 37.7 Å². The second-order valence-electron chi connectivity index (χ2n) is 11.4. The minimum atomic E-state index is -0.975. The molecule has 13 heteroatoms. The lowest BCUT2D eigenvalue weighted by atomic mass is 9.83. The quantitative estimate of drug-likeness (QED) is 0.308. The van der Waals surface area contributed by atoms with Crippen molar-refractivity contribution in [2.24, 2.45) is 5.92 Å². The zero-order valence-corrected chi connectivity index (χ0v) is 23.9. The van der Waals surface area contributed by atoms with Crippen LogP contribution in [0.1, 0.15) is 47.4 Å². The van der Waals surface area contributed by atoms with E-state index in [1.807, 2.05) is 12.1 Å². The van der Waals surface area contributed by atoms with Crippen molar-refractivity contribution in [2.45, 2.75) is 56.8 Å². The van der Waals surface area contributed by atoms with E-state index in [0.717, 1.165) is 31.4 Å². The highest BCUT2D eigenvalue weighted by molar-refractivity contribution is 6.02. The number of likely N-dealkylation sites (N-methyl/N-ethyl adjacent to an activating group) is 1. The molecule has 12 nitrogen and oxygen atoms in total. The number of anilines is 1. The van der Waals surface area contributed by atoms with Gasteiger partial charge in [0.2, 0.25) is 11.7 Å². The van der Waals surface area contributed by atoms with Gasteiger partial charge in [-0.15, -0.1) is 5.10 Å². The Morgan fingerprint density at radius 2 is 2.02 bits per heavy atom. The molecule has 1 aromatic heterocycles. The van der Waals surface area contributed by atoms with E-state index >= 15 is 0 Å². The summed E-state index contributed by atoms with van der Waals surface area (Å²) in [6.07, 6.45) is 5.20. The normalized spacial score (nSPS) is 23.1. The Bertz CT molecular complexity index is 1510. The fourth-order valence-electron chi connectivity index (χ4n) is 5.97. The number of aromatic nitrogens is 3. The zero-order valence-electron chi connectivity index (χ0n) is 23.9. The van der Waals surface area contributed by atoms with Crippen LogP contribution in [0.25, 0.3) is 0 Å². The number of hydrogen-bond donors (Lipinski definition) is 4. The predicted octanol–water partition coefficient (Wildman–Crippen LogP) is 1.31. The molecule has 2 aromatic carbocycles. The van der Waals surface area contributed by atoms with Gasteiger partial charge in [-0.2, -0.15) is 0 Å². The largest absolute Gasteiger partial charge is 0.489 e. The molecule has 3 unspecified atom stereocenters. The number of carbonyl (C=O) groups excluding carboxylic acids is 3. The summed E-state index contributed by atoms with van der Waals surface area (Å²) in [5.74, 6) is -0.378. The number of amides is 3. The van der Waals surface area contributed by atoms with Crippen molar-refractivity contribution in [3.63, 3.8) is 0 Å². The molecular weight excluding hydrogens is 555 g/mol. The van der Waals surface area contributed by atoms with Gasteiger partial charge in [-0.3, -0.25) is 25.2 Å². The van der Waals surface area contributed by atoms with Crippen molar-refractivity contribution in [1.29, 1.82) is 0 Å². The number of aryl methyl sites for hydroxylation is 1. The molecule has 6 rings (SSSR count). The Labute approximate surface area is 248 Å². The second kappa shape index (κ2) is 12.5. The molecule has 1 saturated heterocycles. The molecule has 3 aromatic rings. The number of rotatable bonds is 8. The Kier molecular flexibility index (Phi) is 8.34. The van der Waals surface area contributed by atoms with Crippen LogP contribution < -0.4 is 31.1 Å². The summed E-state index contributed by atoms with van der Waals surface area (Å²) in [4.78, 5) is 44.4. The van der Waals surface area contributed by atoms with Crippen LogP contribution in [0.4, 0.5) is 10.1 Å². The lowest BCUT2D eigenvalue weighted by Gasteiger charge is -2.31. The van der Waals surface area contributed by atoms with Gasteiger partial charge in [0.25, 0.3) is 11.8 Å². The number of ether oxygens (including phenoxy) is 1. The number of halogens is 1. The van der Waals surface area contributed by atoms with Crippen molar-refractivity contribution >= 4 is 23.4 Å². The van der Waals surface area contributed by atoms with Gasteiger partial charge in [-0.05, 0) is 55.4 Å². The molecular formula is C30H35FN8O4. The summed E-state index contributed by atoms with van der Waals surface area (Å²) in [6.45, 7) is 1.02. The van der Waals surface area contributed by atoms with Crippen molar-refractivity contribution in [1.82, 2.24) is 36.2 Å². The monoisotopic (exact) mass is 590 g/mol. The van der Waals surface area contributed by atoms with Gasteiger partial charge in [0.1, 0.15) is 30.5 Å². The third-order valence-electron chi connectivity index (χ3n) is 8.40. The second-order valence-corrected chi connectivity index (χ2v) is 11.4. The fraction of sp³-hybridized carbons (Fsp3) is 0.433. The molecule has 1 aliphatic carbocycles. The number of hydrogen-bond acceptors (Lipinski definition) is 8. The number of hydrazine groups is 1. The Morgan fingerprint density at radius 1 is 1.16 bits per heavy atom. The summed E-state index contributed by atoms with van der Waals surface area (Å²) < 4.78 is 21.2. The molecule has 226 valence electrons. The van der Waals surface area contributed by atoms with Gasteiger partial charge in [-0.25, -0.2) is 14.1 Å². The van der Waals surface area contributed by atoms with Gasteiger partial charge in [0.05, 0.1) is 12.2 Å². The first-order valence-electron chi connectivity index (χ1n) is 14.6. The summed E-state index contributed by atoms with van der Waals surface area (Å²) >= 11 is 0. The van der Waals surface area contributed by atoms with Crippen LogP contribution in [0.2, 0.25) is 0 Å². The van der Waals surface area contributed by atoms with E-state index in [2.05, 4.69) is 31.6 Å². The minimum Gasteiger partial charge on any atom is -0.489 e. The van der Waals surface area contributed by atoms with Crippen LogP contribution in [0.3, 0.4) is 0 Å². The molecule has 0 radical (unpaired) electrons. The Hall–Kier alpha value is -4.36. The Balaban J connectivity index is 1.03. The molecule has 4 N–H and O–H groups in total. The first-order chi connectivity index (χ1) is 20.8. The third kappa shape index (κ3) is 6.52. The standard InChI is InChI=1S/C30H35FN8O4/c1-38-25-12-18(7-11-27(40)34-21-9-8-19-14-33-36-23(19)13-21)6-10-26(25)43-16-24(30(38)42)35-29(41)28-32-17-39(37-28)15-20-4-2-3-5-22(20)31/h2-6,10,12,17,19,21,23-24,33,36H,7-9,11,13-16H2,1H3,(H,34,40)(H,35,41)/t19?,21?,23?,24-/m0/s1. The summed E-state index contributed by atoms with van der Waals surface area (Å²) in [5.41, 5.74) is 8.39. The maximum absolute atomic E-state index is 14.0. The zero-order chi connectivity index (χ0) is 29.9. The molecule has 3 aliphatic rings. The first kappa shape index (κ1) is 28.7. The smallest absolute Gasteiger partial charge is 0.291 e. The highest BCUT2D eigenvalue weighted by Gasteiger charge is 2.34. The SMILES string of the molecule is CN1C(=O)[C@@H](NC(=O)c2ncn(Cc3ccccc3F)n2)COc2ccc(CCC(=O)NC3CCC4CNNC4C3)cc21. The summed E-state index contributed by atoms with van der Waals surface area (Å²) in [7, 11) is 1.62. The number of nitrogens with zero attached hydrogens (tertiary/aromatic N) is 4. The molecule has 43 heavy (non-hydrogen) atoms. The number of fused-ring (bicyclic) bond motifs is 2. The number of benzene rings is 2. The molecule has 1 saturated carbocycles. The van der Waals surface area contributed by atoms with Gasteiger partial charge in [0.15, 0.2) is 0 Å². The highest BCUT2D eigenvalue weighted by Crippen LogP contribution is 2.32. The van der Waals surface area contributed by atoms with E-state index in [0.29, 0.717) is 41.8 Å². The summed E-state index contributed by atoms with van der Waals surface area (Å²) in [5, 5.41) is 9.97. The van der Waals surface area contributed by atoms with E-state index in [9.17, 15) is 18.8 Å². The van der Waals surface area contributed by atoms with Crippen LogP contribution >= 0.6 is 0 Å². The molecule has 0 spiro atoms. The van der Waals surface area contributed by atoms with Crippen LogP contribution in [0.5, 0.6) is 5.75 Å². The number of carbonyl (C=O) groups is 3.